The molecule has 0 saturated heterocycles. The molecule has 0 aliphatic carbocycles. The zero-order valence-electron chi connectivity index (χ0n) is 11.1. The van der Waals surface area contributed by atoms with E-state index in [4.69, 9.17) is 0 Å². The smallest absolute Gasteiger partial charge is 0.133 e. The predicted octanol–water partition coefficient (Wildman–Crippen LogP) is 4.07. The van der Waals surface area contributed by atoms with E-state index in [9.17, 15) is 0 Å². The number of hydrogen-bond acceptors (Lipinski definition) is 3. The Labute approximate surface area is 113 Å². The quantitative estimate of drug-likeness (QED) is 0.776. The zero-order valence-corrected chi connectivity index (χ0v) is 11.9. The summed E-state index contributed by atoms with van der Waals surface area (Å²) in [5.74, 6) is 1.85. The first kappa shape index (κ1) is 13.1. The summed E-state index contributed by atoms with van der Waals surface area (Å²) in [6.45, 7) is 6.37. The van der Waals surface area contributed by atoms with Crippen LogP contribution in [-0.4, -0.2) is 9.97 Å². The van der Waals surface area contributed by atoms with Gasteiger partial charge in [-0.3, -0.25) is 0 Å². The Balaban J connectivity index is 1.99. The molecule has 0 aliphatic rings. The summed E-state index contributed by atoms with van der Waals surface area (Å²) in [5, 5.41) is 0. The van der Waals surface area contributed by atoms with E-state index >= 15 is 0 Å². The van der Waals surface area contributed by atoms with Gasteiger partial charge in [0.2, 0.25) is 0 Å². The molecule has 18 heavy (non-hydrogen) atoms. The Morgan fingerprint density at radius 1 is 1.00 bits per heavy atom. The van der Waals surface area contributed by atoms with Crippen molar-refractivity contribution in [2.45, 2.75) is 36.8 Å². The van der Waals surface area contributed by atoms with E-state index in [-0.39, 0.29) is 5.41 Å². The number of nitrogens with zero attached hydrogens (tertiary/aromatic N) is 2. The van der Waals surface area contributed by atoms with Crippen LogP contribution in [0.2, 0.25) is 0 Å². The van der Waals surface area contributed by atoms with Crippen LogP contribution in [0.25, 0.3) is 0 Å². The SMILES string of the molecule is CC(C)(C)c1ncc(SCc2ccccc2)cn1. The van der Waals surface area contributed by atoms with Gasteiger partial charge in [0.15, 0.2) is 0 Å². The van der Waals surface area contributed by atoms with Crippen LogP contribution < -0.4 is 0 Å². The number of hydrogen-bond donors (Lipinski definition) is 0. The summed E-state index contributed by atoms with van der Waals surface area (Å²) in [6.07, 6.45) is 3.84. The van der Waals surface area contributed by atoms with Gasteiger partial charge in [-0.2, -0.15) is 0 Å². The molecule has 1 aromatic heterocycles. The number of aromatic nitrogens is 2. The van der Waals surface area contributed by atoms with E-state index in [0.717, 1.165) is 16.5 Å². The van der Waals surface area contributed by atoms with Crippen LogP contribution in [0.15, 0.2) is 47.6 Å². The lowest BCUT2D eigenvalue weighted by atomic mass is 9.96. The van der Waals surface area contributed by atoms with Crippen molar-refractivity contribution < 1.29 is 0 Å². The van der Waals surface area contributed by atoms with Gasteiger partial charge >= 0.3 is 0 Å². The Bertz CT molecular complexity index is 486. The molecule has 0 aliphatic heterocycles. The van der Waals surface area contributed by atoms with Crippen LogP contribution in [0.4, 0.5) is 0 Å². The van der Waals surface area contributed by atoms with Gasteiger partial charge in [0.05, 0.1) is 0 Å². The summed E-state index contributed by atoms with van der Waals surface area (Å²) in [5.41, 5.74) is 1.34. The van der Waals surface area contributed by atoms with Crippen LogP contribution in [0.1, 0.15) is 32.2 Å². The Morgan fingerprint density at radius 3 is 2.17 bits per heavy atom. The van der Waals surface area contributed by atoms with Crippen LogP contribution in [0.3, 0.4) is 0 Å². The van der Waals surface area contributed by atoms with Gasteiger partial charge in [0.25, 0.3) is 0 Å². The summed E-state index contributed by atoms with van der Waals surface area (Å²) >= 11 is 1.77. The van der Waals surface area contributed by atoms with Crippen molar-refractivity contribution in [1.82, 2.24) is 9.97 Å². The van der Waals surface area contributed by atoms with Gasteiger partial charge in [-0.25, -0.2) is 9.97 Å². The van der Waals surface area contributed by atoms with E-state index in [1.54, 1.807) is 11.8 Å². The third-order valence-electron chi connectivity index (χ3n) is 2.55. The second kappa shape index (κ2) is 5.53. The van der Waals surface area contributed by atoms with E-state index in [2.05, 4.69) is 55.0 Å². The third kappa shape index (κ3) is 3.57. The summed E-state index contributed by atoms with van der Waals surface area (Å²) in [6, 6.07) is 10.4. The minimum Gasteiger partial charge on any atom is -0.240 e. The first-order chi connectivity index (χ1) is 8.55. The fraction of sp³-hybridized carbons (Fsp3) is 0.333. The largest absolute Gasteiger partial charge is 0.240 e. The van der Waals surface area contributed by atoms with Crippen molar-refractivity contribution in [3.63, 3.8) is 0 Å². The highest BCUT2D eigenvalue weighted by atomic mass is 32.2. The maximum absolute atomic E-state index is 4.43. The minimum atomic E-state index is 0.0165. The predicted molar refractivity (Wildman–Crippen MR) is 76.7 cm³/mol. The van der Waals surface area contributed by atoms with E-state index in [1.807, 2.05) is 18.5 Å². The summed E-state index contributed by atoms with van der Waals surface area (Å²) in [7, 11) is 0. The molecule has 94 valence electrons. The number of thioether (sulfide) groups is 1. The van der Waals surface area contributed by atoms with Crippen LogP contribution in [0, 0.1) is 0 Å². The molecule has 0 spiro atoms. The number of benzene rings is 1. The minimum absolute atomic E-state index is 0.0165. The Kier molecular flexibility index (Phi) is 4.02. The van der Waals surface area contributed by atoms with Crippen molar-refractivity contribution in [3.8, 4) is 0 Å². The highest BCUT2D eigenvalue weighted by molar-refractivity contribution is 7.98. The topological polar surface area (TPSA) is 25.8 Å². The maximum atomic E-state index is 4.43. The molecule has 2 aromatic rings. The molecule has 2 nitrogen and oxygen atoms in total. The first-order valence-electron chi connectivity index (χ1n) is 6.05. The van der Waals surface area contributed by atoms with Gasteiger partial charge in [0, 0.05) is 28.5 Å². The maximum Gasteiger partial charge on any atom is 0.133 e. The van der Waals surface area contributed by atoms with E-state index in [0.29, 0.717) is 0 Å². The zero-order chi connectivity index (χ0) is 13.0. The lowest BCUT2D eigenvalue weighted by molar-refractivity contribution is 0.543. The molecule has 0 bridgehead atoms. The second-order valence-electron chi connectivity index (χ2n) is 5.27. The fourth-order valence-corrected chi connectivity index (χ4v) is 2.30. The molecule has 0 saturated carbocycles. The molecule has 0 fully saturated rings. The standard InChI is InChI=1S/C15H18N2S/c1-15(2,3)14-16-9-13(10-17-14)18-11-12-7-5-4-6-8-12/h4-10H,11H2,1-3H3. The van der Waals surface area contributed by atoms with Crippen molar-refractivity contribution in [2.75, 3.05) is 0 Å². The summed E-state index contributed by atoms with van der Waals surface area (Å²) < 4.78 is 0. The second-order valence-corrected chi connectivity index (χ2v) is 6.32. The van der Waals surface area contributed by atoms with Crippen molar-refractivity contribution in [3.05, 3.63) is 54.1 Å². The number of rotatable bonds is 3. The lowest BCUT2D eigenvalue weighted by Crippen LogP contribution is -2.15. The van der Waals surface area contributed by atoms with Gasteiger partial charge in [-0.1, -0.05) is 51.1 Å². The van der Waals surface area contributed by atoms with E-state index in [1.165, 1.54) is 5.56 Å². The molecule has 0 atom stereocenters. The van der Waals surface area contributed by atoms with Crippen molar-refractivity contribution in [2.24, 2.45) is 0 Å². The first-order valence-corrected chi connectivity index (χ1v) is 7.03. The monoisotopic (exact) mass is 258 g/mol. The normalized spacial score (nSPS) is 11.5. The van der Waals surface area contributed by atoms with Crippen LogP contribution >= 0.6 is 11.8 Å². The Hall–Kier alpha value is -1.35. The van der Waals surface area contributed by atoms with Gasteiger partial charge in [-0.05, 0) is 5.56 Å². The molecule has 0 radical (unpaired) electrons. The van der Waals surface area contributed by atoms with Crippen LogP contribution in [0.5, 0.6) is 0 Å². The third-order valence-corrected chi connectivity index (χ3v) is 3.57. The highest BCUT2D eigenvalue weighted by Gasteiger charge is 2.16. The van der Waals surface area contributed by atoms with Crippen LogP contribution in [-0.2, 0) is 11.2 Å². The molecular weight excluding hydrogens is 240 g/mol. The molecule has 0 amide bonds. The Morgan fingerprint density at radius 2 is 1.61 bits per heavy atom. The average Bonchev–Trinajstić information content (AvgIpc) is 2.37. The molecule has 0 unspecified atom stereocenters. The lowest BCUT2D eigenvalue weighted by Gasteiger charge is -2.15. The summed E-state index contributed by atoms with van der Waals surface area (Å²) in [4.78, 5) is 9.98. The van der Waals surface area contributed by atoms with Gasteiger partial charge < -0.3 is 0 Å². The highest BCUT2D eigenvalue weighted by Crippen LogP contribution is 2.23. The molecule has 3 heteroatoms. The van der Waals surface area contributed by atoms with Gasteiger partial charge in [0.1, 0.15) is 5.82 Å². The molecule has 2 rings (SSSR count). The van der Waals surface area contributed by atoms with Crippen molar-refractivity contribution in [1.29, 1.82) is 0 Å². The molecule has 0 N–H and O–H groups in total. The average molecular weight is 258 g/mol. The van der Waals surface area contributed by atoms with E-state index < -0.39 is 0 Å². The van der Waals surface area contributed by atoms with Gasteiger partial charge in [-0.15, -0.1) is 11.8 Å². The fourth-order valence-electron chi connectivity index (χ4n) is 1.52. The van der Waals surface area contributed by atoms with Crippen molar-refractivity contribution >= 4 is 11.8 Å². The molecular formula is C15H18N2S. The molecule has 1 aromatic carbocycles. The molecule has 1 heterocycles.